The molecule has 0 amide bonds. The summed E-state index contributed by atoms with van der Waals surface area (Å²) in [7, 11) is 0. The summed E-state index contributed by atoms with van der Waals surface area (Å²) in [5.41, 5.74) is 1.15. The molecule has 3 rings (SSSR count). The first-order valence-corrected chi connectivity index (χ1v) is 6.71. The number of hydrogen-bond acceptors (Lipinski definition) is 5. The molecule has 0 radical (unpaired) electrons. The normalized spacial score (nSPS) is 15.2. The van der Waals surface area contributed by atoms with E-state index in [4.69, 9.17) is 5.11 Å². The van der Waals surface area contributed by atoms with Gasteiger partial charge in [-0.2, -0.15) is 0 Å². The number of carbonyl (C=O) groups is 1. The second-order valence-corrected chi connectivity index (χ2v) is 5.27. The Kier molecular flexibility index (Phi) is 2.76. The van der Waals surface area contributed by atoms with Gasteiger partial charge in [0.25, 0.3) is 0 Å². The van der Waals surface area contributed by atoms with E-state index in [-0.39, 0.29) is 18.7 Å². The molecule has 0 aromatic carbocycles. The zero-order valence-electron chi connectivity index (χ0n) is 9.59. The maximum atomic E-state index is 11.3. The van der Waals surface area contributed by atoms with Gasteiger partial charge in [-0.05, 0) is 29.7 Å². The quantitative estimate of drug-likeness (QED) is 0.879. The Bertz CT molecular complexity index is 619. The molecule has 6 heteroatoms. The average Bonchev–Trinajstić information content (AvgIpc) is 3.09. The predicted molar refractivity (Wildman–Crippen MR) is 67.1 cm³/mol. The first-order valence-electron chi connectivity index (χ1n) is 5.83. The Morgan fingerprint density at radius 3 is 2.83 bits per heavy atom. The van der Waals surface area contributed by atoms with Crippen molar-refractivity contribution in [3.63, 3.8) is 0 Å². The van der Waals surface area contributed by atoms with Crippen molar-refractivity contribution in [1.29, 1.82) is 0 Å². The topological polar surface area (TPSA) is 83.3 Å². The molecular formula is C12H12N2O3S. The molecule has 0 spiro atoms. The van der Waals surface area contributed by atoms with E-state index in [1.165, 1.54) is 11.3 Å². The number of thiophene rings is 1. The number of carboxylic acids is 1. The summed E-state index contributed by atoms with van der Waals surface area (Å²) in [5.74, 6) is -0.155. The molecule has 2 heterocycles. The highest BCUT2D eigenvalue weighted by molar-refractivity contribution is 7.17. The zero-order chi connectivity index (χ0) is 12.7. The molecule has 94 valence electrons. The van der Waals surface area contributed by atoms with Gasteiger partial charge in [0.2, 0.25) is 0 Å². The molecule has 1 aliphatic carbocycles. The lowest BCUT2D eigenvalue weighted by Crippen LogP contribution is -2.08. The third-order valence-corrected chi connectivity index (χ3v) is 3.95. The second kappa shape index (κ2) is 4.29. The van der Waals surface area contributed by atoms with Gasteiger partial charge in [0, 0.05) is 11.8 Å². The Morgan fingerprint density at radius 2 is 2.22 bits per heavy atom. The molecule has 0 saturated heterocycles. The minimum atomic E-state index is -1.03. The Labute approximate surface area is 107 Å². The molecule has 0 unspecified atom stereocenters. The molecule has 1 aliphatic rings. The van der Waals surface area contributed by atoms with Gasteiger partial charge < -0.3 is 10.2 Å². The van der Waals surface area contributed by atoms with Gasteiger partial charge in [0.1, 0.15) is 10.7 Å². The SMILES string of the molecule is O=C(O)c1nc(CCO)nc2scc(C3CC3)c12. The molecule has 5 nitrogen and oxygen atoms in total. The minimum Gasteiger partial charge on any atom is -0.476 e. The maximum Gasteiger partial charge on any atom is 0.355 e. The molecular weight excluding hydrogens is 252 g/mol. The molecule has 18 heavy (non-hydrogen) atoms. The highest BCUT2D eigenvalue weighted by atomic mass is 32.1. The van der Waals surface area contributed by atoms with Gasteiger partial charge in [-0.3, -0.25) is 0 Å². The predicted octanol–water partition coefficient (Wildman–Crippen LogP) is 1.80. The lowest BCUT2D eigenvalue weighted by atomic mass is 10.1. The summed E-state index contributed by atoms with van der Waals surface area (Å²) in [6.45, 7) is -0.0780. The molecule has 2 N–H and O–H groups in total. The van der Waals surface area contributed by atoms with Crippen LogP contribution in [0.2, 0.25) is 0 Å². The van der Waals surface area contributed by atoms with Crippen molar-refractivity contribution in [3.05, 3.63) is 22.5 Å². The second-order valence-electron chi connectivity index (χ2n) is 4.41. The summed E-state index contributed by atoms with van der Waals surface area (Å²) in [4.78, 5) is 20.4. The highest BCUT2D eigenvalue weighted by Gasteiger charge is 2.29. The van der Waals surface area contributed by atoms with E-state index in [0.29, 0.717) is 22.0 Å². The van der Waals surface area contributed by atoms with Gasteiger partial charge >= 0.3 is 5.97 Å². The van der Waals surface area contributed by atoms with Crippen LogP contribution in [0.25, 0.3) is 10.2 Å². The fourth-order valence-electron chi connectivity index (χ4n) is 2.07. The molecule has 0 atom stereocenters. The van der Waals surface area contributed by atoms with Gasteiger partial charge in [-0.1, -0.05) is 0 Å². The largest absolute Gasteiger partial charge is 0.476 e. The third kappa shape index (κ3) is 1.87. The lowest BCUT2D eigenvalue weighted by Gasteiger charge is -2.03. The van der Waals surface area contributed by atoms with Crippen LogP contribution in [0.15, 0.2) is 5.38 Å². The third-order valence-electron chi connectivity index (χ3n) is 3.06. The first-order chi connectivity index (χ1) is 8.70. The van der Waals surface area contributed by atoms with Gasteiger partial charge in [0.15, 0.2) is 5.69 Å². The van der Waals surface area contributed by atoms with Crippen LogP contribution < -0.4 is 0 Å². The van der Waals surface area contributed by atoms with Crippen LogP contribution in [0, 0.1) is 0 Å². The van der Waals surface area contributed by atoms with Crippen molar-refractivity contribution in [1.82, 2.24) is 9.97 Å². The van der Waals surface area contributed by atoms with Crippen molar-refractivity contribution >= 4 is 27.5 Å². The van der Waals surface area contributed by atoms with Crippen LogP contribution in [-0.2, 0) is 6.42 Å². The summed E-state index contributed by atoms with van der Waals surface area (Å²) in [6.07, 6.45) is 2.51. The van der Waals surface area contributed by atoms with E-state index in [2.05, 4.69) is 9.97 Å². The van der Waals surface area contributed by atoms with Crippen molar-refractivity contribution in [2.45, 2.75) is 25.2 Å². The van der Waals surface area contributed by atoms with Crippen molar-refractivity contribution in [2.75, 3.05) is 6.61 Å². The van der Waals surface area contributed by atoms with E-state index < -0.39 is 5.97 Å². The Morgan fingerprint density at radius 1 is 1.44 bits per heavy atom. The average molecular weight is 264 g/mol. The van der Waals surface area contributed by atoms with E-state index in [9.17, 15) is 9.90 Å². The summed E-state index contributed by atoms with van der Waals surface area (Å²) < 4.78 is 0. The standard InChI is InChI=1S/C12H12N2O3S/c15-4-3-8-13-10(12(16)17)9-7(6-1-2-6)5-18-11(9)14-8/h5-6,15H,1-4H2,(H,16,17). The number of aliphatic hydroxyl groups is 1. The minimum absolute atomic E-state index is 0.0756. The number of rotatable bonds is 4. The number of aromatic nitrogens is 2. The highest BCUT2D eigenvalue weighted by Crippen LogP contribution is 2.45. The van der Waals surface area contributed by atoms with Crippen LogP contribution in [0.3, 0.4) is 0 Å². The number of nitrogens with zero attached hydrogens (tertiary/aromatic N) is 2. The number of carboxylic acid groups (broad SMARTS) is 1. The van der Waals surface area contributed by atoms with Crippen LogP contribution >= 0.6 is 11.3 Å². The fraction of sp³-hybridized carbons (Fsp3) is 0.417. The number of hydrogen-bond donors (Lipinski definition) is 2. The number of aromatic carboxylic acids is 1. The molecule has 1 saturated carbocycles. The molecule has 2 aromatic rings. The number of aliphatic hydroxyl groups excluding tert-OH is 1. The van der Waals surface area contributed by atoms with Gasteiger partial charge in [0.05, 0.1) is 6.61 Å². The van der Waals surface area contributed by atoms with Crippen molar-refractivity contribution < 1.29 is 15.0 Å². The van der Waals surface area contributed by atoms with E-state index >= 15 is 0 Å². The molecule has 0 aliphatic heterocycles. The van der Waals surface area contributed by atoms with Gasteiger partial charge in [-0.25, -0.2) is 14.8 Å². The molecule has 1 fully saturated rings. The van der Waals surface area contributed by atoms with Crippen LogP contribution in [0.1, 0.15) is 40.6 Å². The smallest absolute Gasteiger partial charge is 0.355 e. The Balaban J connectivity index is 2.22. The van der Waals surface area contributed by atoms with E-state index in [1.807, 2.05) is 5.38 Å². The lowest BCUT2D eigenvalue weighted by molar-refractivity contribution is 0.0692. The summed E-state index contributed by atoms with van der Waals surface area (Å²) in [6, 6.07) is 0. The fourth-order valence-corrected chi connectivity index (χ4v) is 3.11. The summed E-state index contributed by atoms with van der Waals surface area (Å²) in [5, 5.41) is 20.9. The van der Waals surface area contributed by atoms with Crippen LogP contribution in [0.5, 0.6) is 0 Å². The summed E-state index contributed by atoms with van der Waals surface area (Å²) >= 11 is 1.46. The zero-order valence-corrected chi connectivity index (χ0v) is 10.4. The monoisotopic (exact) mass is 264 g/mol. The van der Waals surface area contributed by atoms with E-state index in [1.54, 1.807) is 0 Å². The number of fused-ring (bicyclic) bond motifs is 1. The first kappa shape index (κ1) is 11.6. The van der Waals surface area contributed by atoms with Crippen LogP contribution in [-0.4, -0.2) is 32.8 Å². The molecule has 0 bridgehead atoms. The molecule has 2 aromatic heterocycles. The Hall–Kier alpha value is -1.53. The van der Waals surface area contributed by atoms with Crippen molar-refractivity contribution in [3.8, 4) is 0 Å². The van der Waals surface area contributed by atoms with Crippen LogP contribution in [0.4, 0.5) is 0 Å². The van der Waals surface area contributed by atoms with E-state index in [0.717, 1.165) is 18.4 Å². The van der Waals surface area contributed by atoms with Crippen molar-refractivity contribution in [2.24, 2.45) is 0 Å². The maximum absolute atomic E-state index is 11.3. The van der Waals surface area contributed by atoms with Gasteiger partial charge in [-0.15, -0.1) is 11.3 Å².